The summed E-state index contributed by atoms with van der Waals surface area (Å²) in [4.78, 5) is 20.2. The van der Waals surface area contributed by atoms with Gasteiger partial charge in [-0.1, -0.05) is 46.6 Å². The maximum Gasteiger partial charge on any atom is 0.238 e. The quantitative estimate of drug-likeness (QED) is 0.810. The van der Waals surface area contributed by atoms with Crippen LogP contribution in [0.1, 0.15) is 6.92 Å². The molecule has 1 unspecified atom stereocenters. The topological polar surface area (TPSA) is 54.9 Å². The van der Waals surface area contributed by atoms with E-state index in [-0.39, 0.29) is 16.7 Å². The van der Waals surface area contributed by atoms with Gasteiger partial charge < -0.3 is 5.32 Å². The van der Waals surface area contributed by atoms with Gasteiger partial charge >= 0.3 is 0 Å². The summed E-state index contributed by atoms with van der Waals surface area (Å²) in [5.74, 6) is 0.0177. The van der Waals surface area contributed by atoms with Crippen molar-refractivity contribution in [1.29, 1.82) is 0 Å². The van der Waals surface area contributed by atoms with Gasteiger partial charge in [0.05, 0.1) is 20.3 Å². The van der Waals surface area contributed by atoms with Gasteiger partial charge in [0.15, 0.2) is 5.82 Å². The molecule has 1 N–H and O–H groups in total. The Hall–Kier alpha value is -1.01. The molecule has 8 heteroatoms. The number of rotatable bonds is 4. The van der Waals surface area contributed by atoms with Crippen LogP contribution in [0.15, 0.2) is 35.6 Å². The second kappa shape index (κ2) is 7.31. The number of thioether (sulfide) groups is 1. The smallest absolute Gasteiger partial charge is 0.238 e. The highest BCUT2D eigenvalue weighted by Gasteiger charge is 2.18. The van der Waals surface area contributed by atoms with Gasteiger partial charge in [-0.3, -0.25) is 4.79 Å². The highest BCUT2D eigenvalue weighted by atomic mass is 35.5. The minimum atomic E-state index is -0.411. The van der Waals surface area contributed by atoms with Gasteiger partial charge in [0.1, 0.15) is 5.03 Å². The summed E-state index contributed by atoms with van der Waals surface area (Å²) in [5.41, 5.74) is 0. The molecule has 2 aromatic heterocycles. The summed E-state index contributed by atoms with van der Waals surface area (Å²) in [5, 5.41) is 4.02. The zero-order valence-corrected chi connectivity index (χ0v) is 13.9. The lowest BCUT2D eigenvalue weighted by atomic mass is 10.4. The number of aromatic nitrogens is 2. The Bertz CT molecular complexity index is 669. The lowest BCUT2D eigenvalue weighted by molar-refractivity contribution is -0.115. The van der Waals surface area contributed by atoms with E-state index in [1.165, 1.54) is 24.0 Å². The number of hydrogen-bond donors (Lipinski definition) is 1. The van der Waals surface area contributed by atoms with Crippen LogP contribution < -0.4 is 5.32 Å². The lowest BCUT2D eigenvalue weighted by Gasteiger charge is -2.12. The molecule has 0 radical (unpaired) electrons. The molecule has 0 fully saturated rings. The van der Waals surface area contributed by atoms with Gasteiger partial charge in [-0.15, -0.1) is 0 Å². The van der Waals surface area contributed by atoms with Gasteiger partial charge in [0.2, 0.25) is 5.91 Å². The van der Waals surface area contributed by atoms with E-state index in [4.69, 9.17) is 34.8 Å². The number of amides is 1. The van der Waals surface area contributed by atoms with Crippen LogP contribution in [0.5, 0.6) is 0 Å². The molecule has 110 valence electrons. The minimum Gasteiger partial charge on any atom is -0.308 e. The minimum absolute atomic E-state index is 0.251. The molecule has 2 rings (SSSR count). The van der Waals surface area contributed by atoms with Crippen molar-refractivity contribution in [1.82, 2.24) is 9.97 Å². The highest BCUT2D eigenvalue weighted by Crippen LogP contribution is 2.29. The molecule has 0 aliphatic heterocycles. The Kier molecular flexibility index (Phi) is 5.70. The van der Waals surface area contributed by atoms with E-state index >= 15 is 0 Å². The molecule has 0 saturated heterocycles. The molecule has 2 heterocycles. The van der Waals surface area contributed by atoms with E-state index < -0.39 is 5.25 Å². The van der Waals surface area contributed by atoms with Crippen molar-refractivity contribution >= 4 is 58.3 Å². The predicted molar refractivity (Wildman–Crippen MR) is 87.5 cm³/mol. The number of carbonyl (C=O) groups is 1. The van der Waals surface area contributed by atoms with Crippen LogP contribution in [0.2, 0.25) is 15.1 Å². The van der Waals surface area contributed by atoms with Crippen LogP contribution in [0.4, 0.5) is 5.82 Å². The van der Waals surface area contributed by atoms with E-state index in [0.717, 1.165) is 0 Å². The average Bonchev–Trinajstić information content (AvgIpc) is 2.44. The first-order valence-electron chi connectivity index (χ1n) is 5.86. The van der Waals surface area contributed by atoms with Crippen molar-refractivity contribution in [2.24, 2.45) is 0 Å². The van der Waals surface area contributed by atoms with Gasteiger partial charge in [-0.25, -0.2) is 9.97 Å². The third-order valence-corrected chi connectivity index (χ3v) is 4.46. The van der Waals surface area contributed by atoms with Crippen molar-refractivity contribution in [2.75, 3.05) is 5.32 Å². The molecule has 2 aromatic rings. The number of nitrogens with zero attached hydrogens (tertiary/aromatic N) is 2. The molecule has 21 heavy (non-hydrogen) atoms. The Morgan fingerprint density at radius 3 is 2.71 bits per heavy atom. The van der Waals surface area contributed by atoms with Gasteiger partial charge in [0.25, 0.3) is 0 Å². The molecule has 1 atom stereocenters. The Labute approximate surface area is 141 Å². The standard InChI is InChI=1S/C13H10Cl3N3OS/c1-7(21-13-9(15)3-2-4-17-13)12(20)19-11-10(16)5-8(14)6-18-11/h2-7H,1H3,(H,18,19,20). The molecule has 0 bridgehead atoms. The molecule has 0 aliphatic carbocycles. The van der Waals surface area contributed by atoms with Crippen LogP contribution in [-0.2, 0) is 4.79 Å². The predicted octanol–water partition coefficient (Wildman–Crippen LogP) is 4.56. The Morgan fingerprint density at radius 1 is 1.29 bits per heavy atom. The van der Waals surface area contributed by atoms with Crippen molar-refractivity contribution < 1.29 is 4.79 Å². The summed E-state index contributed by atoms with van der Waals surface area (Å²) in [6, 6.07) is 4.97. The maximum atomic E-state index is 12.1. The number of halogens is 3. The molecule has 0 aliphatic rings. The monoisotopic (exact) mass is 361 g/mol. The maximum absolute atomic E-state index is 12.1. The van der Waals surface area contributed by atoms with Crippen LogP contribution in [0.3, 0.4) is 0 Å². The van der Waals surface area contributed by atoms with Gasteiger partial charge in [-0.05, 0) is 25.1 Å². The first kappa shape index (κ1) is 16.4. The summed E-state index contributed by atoms with van der Waals surface area (Å²) in [7, 11) is 0. The third-order valence-electron chi connectivity index (χ3n) is 2.43. The normalized spacial score (nSPS) is 12.0. The largest absolute Gasteiger partial charge is 0.308 e. The Morgan fingerprint density at radius 2 is 2.05 bits per heavy atom. The lowest BCUT2D eigenvalue weighted by Crippen LogP contribution is -2.23. The van der Waals surface area contributed by atoms with E-state index in [1.807, 2.05) is 0 Å². The first-order chi connectivity index (χ1) is 9.97. The zero-order chi connectivity index (χ0) is 15.4. The number of anilines is 1. The van der Waals surface area contributed by atoms with Crippen molar-refractivity contribution in [3.63, 3.8) is 0 Å². The van der Waals surface area contributed by atoms with Crippen LogP contribution >= 0.6 is 46.6 Å². The fourth-order valence-electron chi connectivity index (χ4n) is 1.40. The zero-order valence-electron chi connectivity index (χ0n) is 10.8. The first-order valence-corrected chi connectivity index (χ1v) is 7.88. The molecule has 0 saturated carbocycles. The van der Waals surface area contributed by atoms with Crippen LogP contribution in [0, 0.1) is 0 Å². The second-order valence-electron chi connectivity index (χ2n) is 4.02. The summed E-state index contributed by atoms with van der Waals surface area (Å²) in [6.45, 7) is 1.74. The van der Waals surface area contributed by atoms with Crippen molar-refractivity contribution in [2.45, 2.75) is 17.2 Å². The molecule has 0 aromatic carbocycles. The number of carbonyl (C=O) groups excluding carboxylic acids is 1. The summed E-state index contributed by atoms with van der Waals surface area (Å²) < 4.78 is 0. The SMILES string of the molecule is CC(Sc1ncccc1Cl)C(=O)Nc1ncc(Cl)cc1Cl. The summed E-state index contributed by atoms with van der Waals surface area (Å²) >= 11 is 19.0. The highest BCUT2D eigenvalue weighted by molar-refractivity contribution is 8.00. The number of hydrogen-bond acceptors (Lipinski definition) is 4. The second-order valence-corrected chi connectivity index (χ2v) is 6.60. The van der Waals surface area contributed by atoms with E-state index in [1.54, 1.807) is 25.3 Å². The van der Waals surface area contributed by atoms with E-state index in [9.17, 15) is 4.79 Å². The molecular weight excluding hydrogens is 353 g/mol. The van der Waals surface area contributed by atoms with Gasteiger partial charge in [-0.2, -0.15) is 0 Å². The van der Waals surface area contributed by atoms with Crippen LogP contribution in [-0.4, -0.2) is 21.1 Å². The fourth-order valence-corrected chi connectivity index (χ4v) is 2.89. The average molecular weight is 363 g/mol. The van der Waals surface area contributed by atoms with E-state index in [0.29, 0.717) is 15.1 Å². The van der Waals surface area contributed by atoms with Gasteiger partial charge in [0, 0.05) is 12.4 Å². The van der Waals surface area contributed by atoms with Crippen LogP contribution in [0.25, 0.3) is 0 Å². The third kappa shape index (κ3) is 4.48. The van der Waals surface area contributed by atoms with E-state index in [2.05, 4.69) is 15.3 Å². The summed E-state index contributed by atoms with van der Waals surface area (Å²) in [6.07, 6.45) is 3.03. The number of pyridine rings is 2. The molecular formula is C13H10Cl3N3OS. The van der Waals surface area contributed by atoms with Crippen molar-refractivity contribution in [3.8, 4) is 0 Å². The number of nitrogens with one attached hydrogen (secondary N) is 1. The Balaban J connectivity index is 2.04. The molecule has 1 amide bonds. The fraction of sp³-hybridized carbons (Fsp3) is 0.154. The molecule has 4 nitrogen and oxygen atoms in total. The molecule has 0 spiro atoms. The van der Waals surface area contributed by atoms with Crippen molar-refractivity contribution in [3.05, 3.63) is 45.7 Å².